The van der Waals surface area contributed by atoms with Crippen molar-refractivity contribution in [2.45, 2.75) is 88.1 Å². The molecule has 0 aliphatic heterocycles. The molecule has 3 rings (SSSR count). The summed E-state index contributed by atoms with van der Waals surface area (Å²) in [6.07, 6.45) is 2.98. The average molecular weight is 482 g/mol. The fourth-order valence-electron chi connectivity index (χ4n) is 3.18. The lowest BCUT2D eigenvalue weighted by molar-refractivity contribution is -0.116. The molecule has 0 aliphatic rings. The normalized spacial score (nSPS) is 9.66. The molecule has 0 saturated carbocycles. The first-order chi connectivity index (χ1) is 16.8. The molecule has 0 bridgehead atoms. The summed E-state index contributed by atoms with van der Waals surface area (Å²) in [6, 6.07) is 17.0. The monoisotopic (exact) mass is 481 g/mol. The number of nitrogens with zero attached hydrogens (tertiary/aromatic N) is 1. The Kier molecular flexibility index (Phi) is 16.7. The third kappa shape index (κ3) is 11.3. The van der Waals surface area contributed by atoms with Crippen LogP contribution >= 0.6 is 0 Å². The zero-order chi connectivity index (χ0) is 26.8. The number of nitrogens with one attached hydrogen (secondary N) is 2. The highest BCUT2D eigenvalue weighted by Gasteiger charge is 2.16. The predicted octanol–water partition coefficient (Wildman–Crippen LogP) is 8.76. The van der Waals surface area contributed by atoms with E-state index in [1.807, 2.05) is 93.8 Å². The third-order valence-corrected chi connectivity index (χ3v) is 4.36. The number of hydrogen-bond donors (Lipinski definition) is 2. The van der Waals surface area contributed by atoms with E-state index in [2.05, 4.69) is 38.3 Å². The van der Waals surface area contributed by atoms with Crippen LogP contribution in [-0.2, 0) is 11.3 Å². The molecule has 35 heavy (non-hydrogen) atoms. The van der Waals surface area contributed by atoms with Crippen molar-refractivity contribution >= 4 is 34.1 Å². The molecule has 5 heteroatoms. The van der Waals surface area contributed by atoms with E-state index in [4.69, 9.17) is 0 Å². The number of carbonyl (C=O) groups is 2. The van der Waals surface area contributed by atoms with Crippen molar-refractivity contribution in [3.05, 3.63) is 60.3 Å². The Bertz CT molecular complexity index is 990. The molecule has 0 fully saturated rings. The van der Waals surface area contributed by atoms with Crippen LogP contribution in [-0.4, -0.2) is 16.4 Å². The Morgan fingerprint density at radius 3 is 1.89 bits per heavy atom. The van der Waals surface area contributed by atoms with Crippen molar-refractivity contribution < 1.29 is 9.59 Å². The summed E-state index contributed by atoms with van der Waals surface area (Å²) in [5.41, 5.74) is 3.08. The average Bonchev–Trinajstić information content (AvgIpc) is 3.19. The molecule has 5 nitrogen and oxygen atoms in total. The topological polar surface area (TPSA) is 63.1 Å². The Morgan fingerprint density at radius 2 is 1.37 bits per heavy atom. The van der Waals surface area contributed by atoms with Gasteiger partial charge in [0, 0.05) is 35.2 Å². The van der Waals surface area contributed by atoms with Crippen LogP contribution in [0.1, 0.15) is 92.1 Å². The predicted molar refractivity (Wildman–Crippen MR) is 153 cm³/mol. The summed E-state index contributed by atoms with van der Waals surface area (Å²) in [5.74, 6) is 0.161. The molecular formula is C30H47N3O2. The van der Waals surface area contributed by atoms with Crippen LogP contribution < -0.4 is 10.6 Å². The fourth-order valence-corrected chi connectivity index (χ4v) is 3.18. The lowest BCUT2D eigenvalue weighted by Gasteiger charge is -2.09. The van der Waals surface area contributed by atoms with Crippen molar-refractivity contribution in [1.82, 2.24) is 4.57 Å². The quantitative estimate of drug-likeness (QED) is 0.369. The Morgan fingerprint density at radius 1 is 0.800 bits per heavy atom. The summed E-state index contributed by atoms with van der Waals surface area (Å²) >= 11 is 0. The molecule has 1 aromatic heterocycles. The number of anilines is 2. The molecule has 0 spiro atoms. The summed E-state index contributed by atoms with van der Waals surface area (Å²) < 4.78 is 1.98. The highest BCUT2D eigenvalue weighted by Crippen LogP contribution is 2.25. The first-order valence-electron chi connectivity index (χ1n) is 13.1. The van der Waals surface area contributed by atoms with Gasteiger partial charge in [-0.2, -0.15) is 0 Å². The lowest BCUT2D eigenvalue weighted by atomic mass is 10.1. The Hall–Kier alpha value is -3.08. The van der Waals surface area contributed by atoms with E-state index in [-0.39, 0.29) is 11.8 Å². The van der Waals surface area contributed by atoms with Gasteiger partial charge in [-0.25, -0.2) is 0 Å². The summed E-state index contributed by atoms with van der Waals surface area (Å²) in [6.45, 7) is 19.2. The van der Waals surface area contributed by atoms with Gasteiger partial charge in [-0.3, -0.25) is 9.59 Å². The van der Waals surface area contributed by atoms with Crippen molar-refractivity contribution in [3.63, 3.8) is 0 Å². The number of benzene rings is 2. The number of aromatic nitrogens is 1. The minimum atomic E-state index is -0.148. The summed E-state index contributed by atoms with van der Waals surface area (Å²) in [7, 11) is 0. The van der Waals surface area contributed by atoms with Gasteiger partial charge in [0.15, 0.2) is 0 Å². The summed E-state index contributed by atoms with van der Waals surface area (Å²) in [5, 5.41) is 6.79. The molecule has 2 N–H and O–H groups in total. The Balaban J connectivity index is 0.00000129. The van der Waals surface area contributed by atoms with E-state index in [1.54, 1.807) is 0 Å². The molecule has 0 radical (unpaired) electrons. The van der Waals surface area contributed by atoms with Crippen molar-refractivity contribution in [1.29, 1.82) is 0 Å². The number of para-hydroxylation sites is 1. The van der Waals surface area contributed by atoms with Crippen molar-refractivity contribution in [3.8, 4) is 0 Å². The van der Waals surface area contributed by atoms with E-state index in [0.29, 0.717) is 24.6 Å². The van der Waals surface area contributed by atoms with Gasteiger partial charge >= 0.3 is 0 Å². The number of rotatable bonds is 6. The van der Waals surface area contributed by atoms with Gasteiger partial charge < -0.3 is 15.2 Å². The molecule has 194 valence electrons. The number of fused-ring (bicyclic) bond motifs is 1. The first-order valence-corrected chi connectivity index (χ1v) is 13.1. The highest BCUT2D eigenvalue weighted by molar-refractivity contribution is 6.07. The first kappa shape index (κ1) is 31.9. The van der Waals surface area contributed by atoms with Gasteiger partial charge in [0.1, 0.15) is 5.69 Å². The number of aryl methyl sites for hydroxylation is 1. The van der Waals surface area contributed by atoms with E-state index in [9.17, 15) is 9.59 Å². The zero-order valence-corrected chi connectivity index (χ0v) is 23.4. The largest absolute Gasteiger partial charge is 0.337 e. The maximum absolute atomic E-state index is 12.7. The minimum Gasteiger partial charge on any atom is -0.337 e. The van der Waals surface area contributed by atoms with E-state index < -0.39 is 0 Å². The van der Waals surface area contributed by atoms with Crippen LogP contribution in [0.4, 0.5) is 11.4 Å². The smallest absolute Gasteiger partial charge is 0.272 e. The van der Waals surface area contributed by atoms with Gasteiger partial charge in [0.2, 0.25) is 5.91 Å². The van der Waals surface area contributed by atoms with Gasteiger partial charge in [-0.1, -0.05) is 86.4 Å². The van der Waals surface area contributed by atoms with Crippen molar-refractivity contribution in [2.75, 3.05) is 10.6 Å². The second kappa shape index (κ2) is 18.3. The highest BCUT2D eigenvalue weighted by atomic mass is 16.2. The van der Waals surface area contributed by atoms with Crippen LogP contribution in [0.15, 0.2) is 54.6 Å². The van der Waals surface area contributed by atoms with Gasteiger partial charge in [0.05, 0.1) is 0 Å². The number of hydrogen-bond acceptors (Lipinski definition) is 2. The minimum absolute atomic E-state index is 0.00122. The van der Waals surface area contributed by atoms with Crippen LogP contribution in [0.25, 0.3) is 10.9 Å². The molecule has 0 saturated heterocycles. The zero-order valence-electron chi connectivity index (χ0n) is 23.4. The van der Waals surface area contributed by atoms with Crippen LogP contribution in [0, 0.1) is 5.92 Å². The molecule has 3 aromatic rings. The van der Waals surface area contributed by atoms with Crippen LogP contribution in [0.3, 0.4) is 0 Å². The number of carbonyl (C=O) groups excluding carboxylic acids is 2. The second-order valence-electron chi connectivity index (χ2n) is 8.43. The Labute approximate surface area is 213 Å². The molecule has 2 aromatic carbocycles. The van der Waals surface area contributed by atoms with Crippen LogP contribution in [0.5, 0.6) is 0 Å². The lowest BCUT2D eigenvalue weighted by Crippen LogP contribution is -2.16. The maximum Gasteiger partial charge on any atom is 0.272 e. The molecule has 0 unspecified atom stereocenters. The van der Waals surface area contributed by atoms with Crippen molar-refractivity contribution in [2.24, 2.45) is 5.92 Å². The van der Waals surface area contributed by atoms with E-state index >= 15 is 0 Å². The number of amides is 2. The van der Waals surface area contributed by atoms with Crippen LogP contribution in [0.2, 0.25) is 0 Å². The standard InChI is InChI=1S/C22H25N3O2.2C3H8.C2H6/c1-4-25-19-11-10-18(23-21(26)12-15(2)3)13-16(19)14-20(25)22(27)24-17-8-6-5-7-9-17;2*1-3-2;1-2/h5-11,13-15H,4,12H2,1-3H3,(H,23,26)(H,24,27);2*3H2,1-2H3;1-2H3. The molecule has 2 amide bonds. The molecule has 0 atom stereocenters. The fraction of sp³-hybridized carbons (Fsp3) is 0.467. The van der Waals surface area contributed by atoms with Gasteiger partial charge in [-0.05, 0) is 49.2 Å². The third-order valence-electron chi connectivity index (χ3n) is 4.36. The maximum atomic E-state index is 12.7. The summed E-state index contributed by atoms with van der Waals surface area (Å²) in [4.78, 5) is 24.8. The van der Waals surface area contributed by atoms with Gasteiger partial charge in [-0.15, -0.1) is 0 Å². The van der Waals surface area contributed by atoms with E-state index in [0.717, 1.165) is 22.3 Å². The van der Waals surface area contributed by atoms with Gasteiger partial charge in [0.25, 0.3) is 5.91 Å². The second-order valence-corrected chi connectivity index (χ2v) is 8.43. The van der Waals surface area contributed by atoms with E-state index in [1.165, 1.54) is 12.8 Å². The molecule has 1 heterocycles. The molecule has 0 aliphatic carbocycles. The molecular weight excluding hydrogens is 434 g/mol. The SMILES string of the molecule is CC.CCC.CCC.CCn1c(C(=O)Nc2ccccc2)cc2cc(NC(=O)CC(C)C)ccc21.